The second-order valence-corrected chi connectivity index (χ2v) is 7.42. The highest BCUT2D eigenvalue weighted by molar-refractivity contribution is 8.19. The molecular formula is C21H15ClN2O3S. The molecule has 4 rings (SSSR count). The minimum absolute atomic E-state index is 0.332. The Bertz CT molecular complexity index is 1070. The van der Waals surface area contributed by atoms with Crippen molar-refractivity contribution in [2.24, 2.45) is 0 Å². The van der Waals surface area contributed by atoms with E-state index in [1.54, 1.807) is 37.5 Å². The van der Waals surface area contributed by atoms with Crippen molar-refractivity contribution in [1.29, 1.82) is 0 Å². The van der Waals surface area contributed by atoms with E-state index in [0.717, 1.165) is 33.8 Å². The van der Waals surface area contributed by atoms with Crippen LogP contribution in [0.1, 0.15) is 5.69 Å². The van der Waals surface area contributed by atoms with Crippen molar-refractivity contribution in [1.82, 2.24) is 4.57 Å². The smallest absolute Gasteiger partial charge is 0.298 e. The molecule has 2 heterocycles. The minimum atomic E-state index is -0.347. The molecule has 2 aromatic carbocycles. The monoisotopic (exact) mass is 410 g/mol. The molecule has 0 radical (unpaired) electrons. The van der Waals surface area contributed by atoms with Crippen LogP contribution in [0.2, 0.25) is 5.02 Å². The van der Waals surface area contributed by atoms with Gasteiger partial charge in [-0.2, -0.15) is 0 Å². The summed E-state index contributed by atoms with van der Waals surface area (Å²) in [6.07, 6.45) is 3.63. The maximum absolute atomic E-state index is 12.8. The van der Waals surface area contributed by atoms with Crippen LogP contribution in [0.15, 0.2) is 71.8 Å². The number of carbonyl (C=O) groups is 2. The largest absolute Gasteiger partial charge is 0.497 e. The quantitative estimate of drug-likeness (QED) is 0.542. The van der Waals surface area contributed by atoms with Gasteiger partial charge in [0.15, 0.2) is 0 Å². The Hall–Kier alpha value is -2.96. The number of anilines is 1. The Morgan fingerprint density at radius 2 is 1.64 bits per heavy atom. The molecule has 3 aromatic rings. The Labute approximate surface area is 171 Å². The van der Waals surface area contributed by atoms with Crippen molar-refractivity contribution in [3.63, 3.8) is 0 Å². The Morgan fingerprint density at radius 1 is 0.964 bits per heavy atom. The zero-order valence-corrected chi connectivity index (χ0v) is 16.4. The fourth-order valence-corrected chi connectivity index (χ4v) is 3.86. The normalized spacial score (nSPS) is 15.5. The van der Waals surface area contributed by atoms with Crippen LogP contribution >= 0.6 is 23.4 Å². The van der Waals surface area contributed by atoms with Crippen LogP contribution in [0.5, 0.6) is 5.75 Å². The third kappa shape index (κ3) is 3.44. The summed E-state index contributed by atoms with van der Waals surface area (Å²) in [5.74, 6) is 0.418. The summed E-state index contributed by atoms with van der Waals surface area (Å²) in [5, 5.41) is 0.213. The highest BCUT2D eigenvalue weighted by Crippen LogP contribution is 2.36. The predicted molar refractivity (Wildman–Crippen MR) is 112 cm³/mol. The van der Waals surface area contributed by atoms with E-state index in [1.165, 1.54) is 0 Å². The summed E-state index contributed by atoms with van der Waals surface area (Å²) < 4.78 is 7.13. The number of ether oxygens (including phenoxy) is 1. The topological polar surface area (TPSA) is 51.5 Å². The van der Waals surface area contributed by atoms with Gasteiger partial charge in [0.2, 0.25) is 0 Å². The van der Waals surface area contributed by atoms with Gasteiger partial charge in [-0.1, -0.05) is 11.6 Å². The summed E-state index contributed by atoms with van der Waals surface area (Å²) in [4.78, 5) is 26.8. The second kappa shape index (κ2) is 7.58. The van der Waals surface area contributed by atoms with Crippen molar-refractivity contribution < 1.29 is 14.3 Å². The number of benzene rings is 2. The van der Waals surface area contributed by atoms with E-state index in [-0.39, 0.29) is 11.1 Å². The second-order valence-electron chi connectivity index (χ2n) is 5.99. The van der Waals surface area contributed by atoms with Crippen LogP contribution in [-0.4, -0.2) is 22.8 Å². The zero-order chi connectivity index (χ0) is 19.7. The lowest BCUT2D eigenvalue weighted by atomic mass is 10.2. The number of hydrogen-bond donors (Lipinski definition) is 0. The number of halogens is 1. The first kappa shape index (κ1) is 18.4. The van der Waals surface area contributed by atoms with Crippen LogP contribution in [-0.2, 0) is 4.79 Å². The van der Waals surface area contributed by atoms with E-state index < -0.39 is 0 Å². The highest BCUT2D eigenvalue weighted by atomic mass is 35.5. The summed E-state index contributed by atoms with van der Waals surface area (Å²) in [5.41, 5.74) is 2.22. The zero-order valence-electron chi connectivity index (χ0n) is 14.8. The number of thioether (sulfide) groups is 1. The number of rotatable bonds is 4. The van der Waals surface area contributed by atoms with Gasteiger partial charge in [-0.05, 0) is 78.5 Å². The van der Waals surface area contributed by atoms with E-state index in [2.05, 4.69) is 0 Å². The standard InChI is InChI=1S/C21H15ClN2O3S/c1-27-18-10-8-15(9-11-18)23-12-2-3-17(23)13-19-20(25)24(21(26)28-19)16-6-4-14(22)5-7-16/h2-13H,1H3/b19-13+. The number of hydrogen-bond acceptors (Lipinski definition) is 4. The van der Waals surface area contributed by atoms with Gasteiger partial charge < -0.3 is 9.30 Å². The fourth-order valence-electron chi connectivity index (χ4n) is 2.90. The van der Waals surface area contributed by atoms with Gasteiger partial charge in [0.05, 0.1) is 17.7 Å². The highest BCUT2D eigenvalue weighted by Gasteiger charge is 2.36. The Kier molecular flexibility index (Phi) is 4.98. The van der Waals surface area contributed by atoms with Crippen LogP contribution in [0, 0.1) is 0 Å². The van der Waals surface area contributed by atoms with Crippen molar-refractivity contribution in [3.05, 3.63) is 82.5 Å². The molecule has 1 saturated heterocycles. The van der Waals surface area contributed by atoms with E-state index in [1.807, 2.05) is 47.2 Å². The third-order valence-electron chi connectivity index (χ3n) is 4.29. The number of imide groups is 1. The molecular weight excluding hydrogens is 396 g/mol. The van der Waals surface area contributed by atoms with Gasteiger partial charge in [-0.25, -0.2) is 4.90 Å². The summed E-state index contributed by atoms with van der Waals surface area (Å²) in [6, 6.07) is 18.0. The first-order chi connectivity index (χ1) is 13.6. The lowest BCUT2D eigenvalue weighted by Crippen LogP contribution is -2.27. The van der Waals surface area contributed by atoms with Crippen molar-refractivity contribution in [3.8, 4) is 11.4 Å². The average Bonchev–Trinajstić information content (AvgIpc) is 3.27. The van der Waals surface area contributed by atoms with Gasteiger partial charge in [0.1, 0.15) is 5.75 Å². The molecule has 1 aliphatic heterocycles. The van der Waals surface area contributed by atoms with Crippen molar-refractivity contribution >= 4 is 46.3 Å². The van der Waals surface area contributed by atoms with Crippen molar-refractivity contribution in [2.75, 3.05) is 12.0 Å². The number of nitrogens with zero attached hydrogens (tertiary/aromatic N) is 2. The van der Waals surface area contributed by atoms with E-state index in [9.17, 15) is 9.59 Å². The van der Waals surface area contributed by atoms with Crippen LogP contribution in [0.25, 0.3) is 11.8 Å². The fraction of sp³-hybridized carbons (Fsp3) is 0.0476. The van der Waals surface area contributed by atoms with Gasteiger partial charge in [0.25, 0.3) is 11.1 Å². The van der Waals surface area contributed by atoms with Crippen LogP contribution in [0.3, 0.4) is 0 Å². The molecule has 0 unspecified atom stereocenters. The molecule has 140 valence electrons. The summed E-state index contributed by atoms with van der Waals surface area (Å²) >= 11 is 6.81. The van der Waals surface area contributed by atoms with Gasteiger partial charge in [-0.3, -0.25) is 9.59 Å². The van der Waals surface area contributed by atoms with Crippen molar-refractivity contribution in [2.45, 2.75) is 0 Å². The van der Waals surface area contributed by atoms with Crippen LogP contribution < -0.4 is 9.64 Å². The lowest BCUT2D eigenvalue weighted by molar-refractivity contribution is -0.113. The van der Waals surface area contributed by atoms with Gasteiger partial charge in [-0.15, -0.1) is 0 Å². The molecule has 0 atom stereocenters. The minimum Gasteiger partial charge on any atom is -0.497 e. The third-order valence-corrected chi connectivity index (χ3v) is 5.41. The number of aromatic nitrogens is 1. The van der Waals surface area contributed by atoms with E-state index >= 15 is 0 Å². The van der Waals surface area contributed by atoms with E-state index in [0.29, 0.717) is 15.6 Å². The summed E-state index contributed by atoms with van der Waals surface area (Å²) in [7, 11) is 1.62. The first-order valence-corrected chi connectivity index (χ1v) is 9.61. The molecule has 0 spiro atoms. The van der Waals surface area contributed by atoms with Gasteiger partial charge in [0, 0.05) is 22.6 Å². The average molecular weight is 411 g/mol. The molecule has 0 bridgehead atoms. The maximum Gasteiger partial charge on any atom is 0.298 e. The molecule has 0 N–H and O–H groups in total. The lowest BCUT2D eigenvalue weighted by Gasteiger charge is -2.12. The molecule has 1 aliphatic rings. The molecule has 1 aromatic heterocycles. The molecule has 2 amide bonds. The maximum atomic E-state index is 12.8. The van der Waals surface area contributed by atoms with Crippen LogP contribution in [0.4, 0.5) is 10.5 Å². The number of amides is 2. The number of methoxy groups -OCH3 is 1. The molecule has 0 aliphatic carbocycles. The Morgan fingerprint density at radius 3 is 2.32 bits per heavy atom. The SMILES string of the molecule is COc1ccc(-n2cccc2/C=C2/SC(=O)N(c3ccc(Cl)cc3)C2=O)cc1. The first-order valence-electron chi connectivity index (χ1n) is 8.42. The molecule has 28 heavy (non-hydrogen) atoms. The van der Waals surface area contributed by atoms with Gasteiger partial charge >= 0.3 is 0 Å². The molecule has 0 saturated carbocycles. The van der Waals surface area contributed by atoms with E-state index in [4.69, 9.17) is 16.3 Å². The number of carbonyl (C=O) groups excluding carboxylic acids is 2. The molecule has 5 nitrogen and oxygen atoms in total. The molecule has 1 fully saturated rings. The summed E-state index contributed by atoms with van der Waals surface area (Å²) in [6.45, 7) is 0. The molecule has 7 heteroatoms. The predicted octanol–water partition coefficient (Wildman–Crippen LogP) is 5.38. The Balaban J connectivity index is 1.65.